The second-order valence-corrected chi connectivity index (χ2v) is 5.02. The van der Waals surface area contributed by atoms with Crippen molar-refractivity contribution in [2.45, 2.75) is 52.5 Å². The van der Waals surface area contributed by atoms with Gasteiger partial charge in [-0.05, 0) is 36.6 Å². The van der Waals surface area contributed by atoms with E-state index in [0.717, 1.165) is 6.54 Å². The third kappa shape index (κ3) is 5.31. The zero-order valence-electron chi connectivity index (χ0n) is 11.4. The summed E-state index contributed by atoms with van der Waals surface area (Å²) < 4.78 is 0. The second kappa shape index (κ2) is 8.24. The maximum atomic E-state index is 4.08. The van der Waals surface area contributed by atoms with Crippen molar-refractivity contribution in [3.63, 3.8) is 0 Å². The molecule has 0 saturated carbocycles. The third-order valence-electron chi connectivity index (χ3n) is 3.13. The predicted octanol–water partition coefficient (Wildman–Crippen LogP) is 3.95. The van der Waals surface area contributed by atoms with E-state index in [1.165, 1.54) is 31.2 Å². The first kappa shape index (κ1) is 14.2. The Morgan fingerprint density at radius 3 is 2.41 bits per heavy atom. The van der Waals surface area contributed by atoms with Crippen LogP contribution >= 0.6 is 0 Å². The first-order valence-corrected chi connectivity index (χ1v) is 6.89. The molecule has 0 aliphatic rings. The van der Waals surface area contributed by atoms with Crippen molar-refractivity contribution in [2.24, 2.45) is 5.92 Å². The summed E-state index contributed by atoms with van der Waals surface area (Å²) in [7, 11) is 0. The highest BCUT2D eigenvalue weighted by Crippen LogP contribution is 2.20. The summed E-state index contributed by atoms with van der Waals surface area (Å²) in [5.74, 6) is 0.614. The molecule has 1 atom stereocenters. The van der Waals surface area contributed by atoms with Crippen molar-refractivity contribution in [3.05, 3.63) is 30.1 Å². The SMILES string of the molecule is CCCCCCN[C@H](c1ccncc1)C(C)C. The van der Waals surface area contributed by atoms with Crippen LogP contribution in [-0.2, 0) is 0 Å². The number of rotatable bonds is 8. The van der Waals surface area contributed by atoms with Crippen LogP contribution in [0.2, 0.25) is 0 Å². The number of unbranched alkanes of at least 4 members (excludes halogenated alkanes) is 3. The zero-order chi connectivity index (χ0) is 12.5. The molecule has 0 aliphatic heterocycles. The summed E-state index contributed by atoms with van der Waals surface area (Å²) in [6, 6.07) is 4.69. The van der Waals surface area contributed by atoms with Crippen LogP contribution in [0.15, 0.2) is 24.5 Å². The van der Waals surface area contributed by atoms with Gasteiger partial charge in [-0.3, -0.25) is 4.98 Å². The molecule has 1 aromatic heterocycles. The van der Waals surface area contributed by atoms with Gasteiger partial charge in [0.1, 0.15) is 0 Å². The summed E-state index contributed by atoms with van der Waals surface area (Å²) in [6.07, 6.45) is 9.03. The van der Waals surface area contributed by atoms with E-state index in [1.807, 2.05) is 12.4 Å². The minimum atomic E-state index is 0.458. The fraction of sp³-hybridized carbons (Fsp3) is 0.667. The number of pyridine rings is 1. The van der Waals surface area contributed by atoms with Gasteiger partial charge in [0.25, 0.3) is 0 Å². The van der Waals surface area contributed by atoms with Gasteiger partial charge >= 0.3 is 0 Å². The van der Waals surface area contributed by atoms with E-state index in [-0.39, 0.29) is 0 Å². The number of hydrogen-bond donors (Lipinski definition) is 1. The fourth-order valence-electron chi connectivity index (χ4n) is 2.12. The van der Waals surface area contributed by atoms with Gasteiger partial charge in [-0.25, -0.2) is 0 Å². The molecule has 2 heteroatoms. The molecule has 0 aliphatic carbocycles. The quantitative estimate of drug-likeness (QED) is 0.689. The summed E-state index contributed by atoms with van der Waals surface area (Å²) in [5.41, 5.74) is 1.35. The highest BCUT2D eigenvalue weighted by molar-refractivity contribution is 5.15. The van der Waals surface area contributed by atoms with Crippen molar-refractivity contribution in [3.8, 4) is 0 Å². The maximum absolute atomic E-state index is 4.08. The number of aromatic nitrogens is 1. The molecule has 17 heavy (non-hydrogen) atoms. The van der Waals surface area contributed by atoms with Gasteiger partial charge < -0.3 is 5.32 Å². The molecule has 1 heterocycles. The number of nitrogens with zero attached hydrogens (tertiary/aromatic N) is 1. The summed E-state index contributed by atoms with van der Waals surface area (Å²) in [5, 5.41) is 3.67. The van der Waals surface area contributed by atoms with Crippen molar-refractivity contribution < 1.29 is 0 Å². The van der Waals surface area contributed by atoms with Crippen LogP contribution in [0.3, 0.4) is 0 Å². The molecule has 96 valence electrons. The lowest BCUT2D eigenvalue weighted by Crippen LogP contribution is -2.26. The monoisotopic (exact) mass is 234 g/mol. The van der Waals surface area contributed by atoms with E-state index in [1.54, 1.807) is 0 Å². The van der Waals surface area contributed by atoms with Crippen LogP contribution in [0, 0.1) is 5.92 Å². The van der Waals surface area contributed by atoms with Crippen molar-refractivity contribution in [1.29, 1.82) is 0 Å². The van der Waals surface area contributed by atoms with Crippen LogP contribution in [-0.4, -0.2) is 11.5 Å². The van der Waals surface area contributed by atoms with Crippen LogP contribution in [0.5, 0.6) is 0 Å². The molecule has 0 amide bonds. The third-order valence-corrected chi connectivity index (χ3v) is 3.13. The van der Waals surface area contributed by atoms with E-state index in [9.17, 15) is 0 Å². The van der Waals surface area contributed by atoms with Crippen LogP contribution in [0.1, 0.15) is 58.1 Å². The fourth-order valence-corrected chi connectivity index (χ4v) is 2.12. The average Bonchev–Trinajstić information content (AvgIpc) is 2.34. The Hall–Kier alpha value is -0.890. The average molecular weight is 234 g/mol. The molecule has 0 spiro atoms. The number of hydrogen-bond acceptors (Lipinski definition) is 2. The Balaban J connectivity index is 2.40. The first-order chi connectivity index (χ1) is 8.25. The lowest BCUT2D eigenvalue weighted by atomic mass is 9.97. The Morgan fingerprint density at radius 1 is 1.12 bits per heavy atom. The second-order valence-electron chi connectivity index (χ2n) is 5.02. The maximum Gasteiger partial charge on any atom is 0.0344 e. The highest BCUT2D eigenvalue weighted by atomic mass is 14.9. The standard InChI is InChI=1S/C15H26N2/c1-4-5-6-7-10-17-15(13(2)3)14-8-11-16-12-9-14/h8-9,11-13,15,17H,4-7,10H2,1-3H3/t15-/m0/s1. The summed E-state index contributed by atoms with van der Waals surface area (Å²) in [6.45, 7) is 7.90. The van der Waals surface area contributed by atoms with Crippen LogP contribution < -0.4 is 5.32 Å². The molecular formula is C15H26N2. The minimum Gasteiger partial charge on any atom is -0.310 e. The van der Waals surface area contributed by atoms with E-state index in [4.69, 9.17) is 0 Å². The smallest absolute Gasteiger partial charge is 0.0344 e. The lowest BCUT2D eigenvalue weighted by Gasteiger charge is -2.22. The lowest BCUT2D eigenvalue weighted by molar-refractivity contribution is 0.405. The molecule has 0 radical (unpaired) electrons. The molecule has 0 aromatic carbocycles. The largest absolute Gasteiger partial charge is 0.310 e. The zero-order valence-corrected chi connectivity index (χ0v) is 11.4. The Kier molecular flexibility index (Phi) is 6.87. The first-order valence-electron chi connectivity index (χ1n) is 6.89. The topological polar surface area (TPSA) is 24.9 Å². The molecule has 0 saturated heterocycles. The highest BCUT2D eigenvalue weighted by Gasteiger charge is 2.14. The predicted molar refractivity (Wildman–Crippen MR) is 74.0 cm³/mol. The molecule has 1 aromatic rings. The van der Waals surface area contributed by atoms with Gasteiger partial charge in [0.05, 0.1) is 0 Å². The van der Waals surface area contributed by atoms with Crippen molar-refractivity contribution in [1.82, 2.24) is 10.3 Å². The molecule has 0 unspecified atom stereocenters. The number of nitrogens with one attached hydrogen (secondary N) is 1. The van der Waals surface area contributed by atoms with Gasteiger partial charge in [-0.15, -0.1) is 0 Å². The van der Waals surface area contributed by atoms with E-state index < -0.39 is 0 Å². The Morgan fingerprint density at radius 2 is 1.82 bits per heavy atom. The Labute approximate surface area is 106 Å². The summed E-state index contributed by atoms with van der Waals surface area (Å²) >= 11 is 0. The Bertz CT molecular complexity index is 282. The van der Waals surface area contributed by atoms with Gasteiger partial charge in [0.15, 0.2) is 0 Å². The van der Waals surface area contributed by atoms with Crippen molar-refractivity contribution >= 4 is 0 Å². The van der Waals surface area contributed by atoms with Crippen LogP contribution in [0.25, 0.3) is 0 Å². The van der Waals surface area contributed by atoms with E-state index in [2.05, 4.69) is 43.2 Å². The summed E-state index contributed by atoms with van der Waals surface area (Å²) in [4.78, 5) is 4.08. The molecule has 1 N–H and O–H groups in total. The van der Waals surface area contributed by atoms with Crippen molar-refractivity contribution in [2.75, 3.05) is 6.54 Å². The van der Waals surface area contributed by atoms with Gasteiger partial charge in [0.2, 0.25) is 0 Å². The molecule has 2 nitrogen and oxygen atoms in total. The van der Waals surface area contributed by atoms with Gasteiger partial charge in [-0.1, -0.05) is 40.0 Å². The minimum absolute atomic E-state index is 0.458. The van der Waals surface area contributed by atoms with Crippen LogP contribution in [0.4, 0.5) is 0 Å². The molecular weight excluding hydrogens is 208 g/mol. The normalized spacial score (nSPS) is 12.9. The van der Waals surface area contributed by atoms with Gasteiger partial charge in [-0.2, -0.15) is 0 Å². The molecule has 1 rings (SSSR count). The van der Waals surface area contributed by atoms with Gasteiger partial charge in [0, 0.05) is 18.4 Å². The van der Waals surface area contributed by atoms with E-state index in [0.29, 0.717) is 12.0 Å². The van der Waals surface area contributed by atoms with E-state index >= 15 is 0 Å². The molecule has 0 fully saturated rings. The molecule has 0 bridgehead atoms.